The Bertz CT molecular complexity index is 554. The van der Waals surface area contributed by atoms with Crippen molar-refractivity contribution in [3.8, 4) is 0 Å². The summed E-state index contributed by atoms with van der Waals surface area (Å²) in [5, 5.41) is -0.831. The van der Waals surface area contributed by atoms with Crippen molar-refractivity contribution in [2.45, 2.75) is 31.8 Å². The van der Waals surface area contributed by atoms with Gasteiger partial charge in [0.05, 0.1) is 16.5 Å². The van der Waals surface area contributed by atoms with E-state index in [2.05, 4.69) is 0 Å². The molecule has 4 nitrogen and oxygen atoms in total. The van der Waals surface area contributed by atoms with Gasteiger partial charge in [0.1, 0.15) is 0 Å². The lowest BCUT2D eigenvalue weighted by molar-refractivity contribution is -0.136. The van der Waals surface area contributed by atoms with E-state index in [0.717, 1.165) is 12.1 Å². The zero-order valence-electron chi connectivity index (χ0n) is 10.5. The summed E-state index contributed by atoms with van der Waals surface area (Å²) in [4.78, 5) is 0. The lowest BCUT2D eigenvalue weighted by atomic mass is 10.1. The minimum atomic E-state index is -4.65. The minimum Gasteiger partial charge on any atom is -0.326 e. The summed E-state index contributed by atoms with van der Waals surface area (Å²) in [5.74, 6) is 0. The van der Waals surface area contributed by atoms with Crippen molar-refractivity contribution < 1.29 is 21.6 Å². The van der Waals surface area contributed by atoms with Gasteiger partial charge in [-0.3, -0.25) is 4.72 Å². The fourth-order valence-electron chi connectivity index (χ4n) is 1.31. The van der Waals surface area contributed by atoms with Gasteiger partial charge in [-0.05, 0) is 31.5 Å². The van der Waals surface area contributed by atoms with E-state index in [0.29, 0.717) is 0 Å². The van der Waals surface area contributed by atoms with Crippen LogP contribution in [0.25, 0.3) is 0 Å². The highest BCUT2D eigenvalue weighted by Gasteiger charge is 2.35. The Morgan fingerprint density at radius 1 is 1.32 bits per heavy atom. The van der Waals surface area contributed by atoms with Gasteiger partial charge < -0.3 is 5.73 Å². The molecule has 0 bridgehead atoms. The van der Waals surface area contributed by atoms with Crippen LogP contribution in [-0.4, -0.2) is 13.7 Å². The molecule has 0 spiro atoms. The van der Waals surface area contributed by atoms with E-state index < -0.39 is 32.7 Å². The summed E-state index contributed by atoms with van der Waals surface area (Å²) in [7, 11) is -3.83. The quantitative estimate of drug-likeness (QED) is 0.895. The van der Waals surface area contributed by atoms with Crippen LogP contribution < -0.4 is 10.5 Å². The molecule has 1 rings (SSSR count). The second kappa shape index (κ2) is 5.38. The average molecular weight is 296 g/mol. The smallest absolute Gasteiger partial charge is 0.326 e. The molecule has 0 amide bonds. The molecule has 8 heteroatoms. The third kappa shape index (κ3) is 3.84. The first kappa shape index (κ1) is 15.8. The third-order valence-corrected chi connectivity index (χ3v) is 4.24. The highest BCUT2D eigenvalue weighted by Crippen LogP contribution is 2.36. The summed E-state index contributed by atoms with van der Waals surface area (Å²) in [6, 6.07) is 3.27. The molecule has 1 aromatic carbocycles. The first-order valence-corrected chi connectivity index (χ1v) is 7.04. The van der Waals surface area contributed by atoms with Gasteiger partial charge in [0.25, 0.3) is 0 Å². The summed E-state index contributed by atoms with van der Waals surface area (Å²) >= 11 is 0. The van der Waals surface area contributed by atoms with Gasteiger partial charge in [0.15, 0.2) is 0 Å². The fraction of sp³-hybridized carbons (Fsp3) is 0.455. The Morgan fingerprint density at radius 3 is 2.32 bits per heavy atom. The van der Waals surface area contributed by atoms with Crippen molar-refractivity contribution in [3.63, 3.8) is 0 Å². The van der Waals surface area contributed by atoms with Crippen LogP contribution in [0.4, 0.5) is 18.9 Å². The van der Waals surface area contributed by atoms with Crippen molar-refractivity contribution >= 4 is 15.7 Å². The SMILES string of the molecule is CC(C)S(=O)(=O)Nc1ccc(CN)cc1C(F)(F)F. The molecule has 3 N–H and O–H groups in total. The van der Waals surface area contributed by atoms with Crippen molar-refractivity contribution in [2.75, 3.05) is 4.72 Å². The van der Waals surface area contributed by atoms with Crippen molar-refractivity contribution in [3.05, 3.63) is 29.3 Å². The van der Waals surface area contributed by atoms with Crippen LogP contribution in [0.1, 0.15) is 25.0 Å². The first-order chi connectivity index (χ1) is 8.58. The first-order valence-electron chi connectivity index (χ1n) is 5.49. The number of benzene rings is 1. The molecule has 0 saturated heterocycles. The van der Waals surface area contributed by atoms with Crippen LogP contribution in [0.3, 0.4) is 0 Å². The van der Waals surface area contributed by atoms with Crippen LogP contribution in [-0.2, 0) is 22.7 Å². The molecule has 0 unspecified atom stereocenters. The summed E-state index contributed by atoms with van der Waals surface area (Å²) in [5.41, 5.74) is 4.03. The highest BCUT2D eigenvalue weighted by atomic mass is 32.2. The summed E-state index contributed by atoms with van der Waals surface area (Å²) in [6.07, 6.45) is -4.65. The summed E-state index contributed by atoms with van der Waals surface area (Å²) < 4.78 is 63.8. The van der Waals surface area contributed by atoms with E-state index in [4.69, 9.17) is 5.73 Å². The molecule has 0 aliphatic rings. The van der Waals surface area contributed by atoms with E-state index in [-0.39, 0.29) is 12.1 Å². The van der Waals surface area contributed by atoms with Gasteiger partial charge in [0.2, 0.25) is 10.0 Å². The number of rotatable bonds is 4. The van der Waals surface area contributed by atoms with E-state index in [1.165, 1.54) is 19.9 Å². The van der Waals surface area contributed by atoms with Gasteiger partial charge in [-0.1, -0.05) is 6.07 Å². The summed E-state index contributed by atoms with van der Waals surface area (Å²) in [6.45, 7) is 2.70. The molecule has 0 radical (unpaired) electrons. The van der Waals surface area contributed by atoms with E-state index in [1.54, 1.807) is 0 Å². The van der Waals surface area contributed by atoms with Crippen LogP contribution in [0, 0.1) is 0 Å². The molecule has 0 heterocycles. The van der Waals surface area contributed by atoms with Crippen LogP contribution >= 0.6 is 0 Å². The molecule has 0 aromatic heterocycles. The number of anilines is 1. The monoisotopic (exact) mass is 296 g/mol. The number of halogens is 3. The van der Waals surface area contributed by atoms with Crippen molar-refractivity contribution in [2.24, 2.45) is 5.73 Å². The highest BCUT2D eigenvalue weighted by molar-refractivity contribution is 7.93. The maximum atomic E-state index is 12.9. The van der Waals surface area contributed by atoms with Crippen LogP contribution in [0.15, 0.2) is 18.2 Å². The molecule has 19 heavy (non-hydrogen) atoms. The molecule has 0 saturated carbocycles. The third-order valence-electron chi connectivity index (χ3n) is 2.50. The van der Waals surface area contributed by atoms with Gasteiger partial charge in [-0.2, -0.15) is 13.2 Å². The second-order valence-corrected chi connectivity index (χ2v) is 6.51. The van der Waals surface area contributed by atoms with Gasteiger partial charge in [0, 0.05) is 6.54 Å². The predicted octanol–water partition coefficient (Wildman–Crippen LogP) is 2.31. The van der Waals surface area contributed by atoms with E-state index in [1.807, 2.05) is 4.72 Å². The molecule has 108 valence electrons. The normalized spacial score (nSPS) is 12.8. The Kier molecular flexibility index (Phi) is 4.46. The lowest BCUT2D eigenvalue weighted by Gasteiger charge is -2.17. The molecule has 1 aromatic rings. The zero-order chi connectivity index (χ0) is 14.8. The Hall–Kier alpha value is -1.28. The van der Waals surface area contributed by atoms with Crippen LogP contribution in [0.5, 0.6) is 0 Å². The fourth-order valence-corrected chi connectivity index (χ4v) is 2.03. The van der Waals surface area contributed by atoms with E-state index >= 15 is 0 Å². The maximum Gasteiger partial charge on any atom is 0.418 e. The molecule has 0 aliphatic carbocycles. The number of hydrogen-bond donors (Lipinski definition) is 2. The van der Waals surface area contributed by atoms with Gasteiger partial charge in [-0.15, -0.1) is 0 Å². The topological polar surface area (TPSA) is 72.2 Å². The average Bonchev–Trinajstić information content (AvgIpc) is 2.27. The lowest BCUT2D eigenvalue weighted by Crippen LogP contribution is -2.24. The van der Waals surface area contributed by atoms with Gasteiger partial charge in [-0.25, -0.2) is 8.42 Å². The number of alkyl halides is 3. The Labute approximate surface area is 109 Å². The Morgan fingerprint density at radius 2 is 1.89 bits per heavy atom. The number of nitrogens with one attached hydrogen (secondary N) is 1. The zero-order valence-corrected chi connectivity index (χ0v) is 11.3. The maximum absolute atomic E-state index is 12.9. The largest absolute Gasteiger partial charge is 0.418 e. The Balaban J connectivity index is 3.29. The number of hydrogen-bond acceptors (Lipinski definition) is 3. The molecular weight excluding hydrogens is 281 g/mol. The number of sulfonamides is 1. The molecular formula is C11H15F3N2O2S. The van der Waals surface area contributed by atoms with Crippen LogP contribution in [0.2, 0.25) is 0 Å². The van der Waals surface area contributed by atoms with Crippen molar-refractivity contribution in [1.82, 2.24) is 0 Å². The van der Waals surface area contributed by atoms with Gasteiger partial charge >= 0.3 is 6.18 Å². The second-order valence-electron chi connectivity index (χ2n) is 4.28. The molecule has 0 aliphatic heterocycles. The predicted molar refractivity (Wildman–Crippen MR) is 67.0 cm³/mol. The standard InChI is InChI=1S/C11H15F3N2O2S/c1-7(2)19(17,18)16-10-4-3-8(6-15)5-9(10)11(12,13)14/h3-5,7,16H,6,15H2,1-2H3. The minimum absolute atomic E-state index is 0.0553. The van der Waals surface area contributed by atoms with E-state index in [9.17, 15) is 21.6 Å². The number of nitrogens with two attached hydrogens (primary N) is 1. The molecule has 0 fully saturated rings. The van der Waals surface area contributed by atoms with Crippen molar-refractivity contribution in [1.29, 1.82) is 0 Å². The molecule has 0 atom stereocenters.